The normalized spacial score (nSPS) is 42.7. The van der Waals surface area contributed by atoms with E-state index in [9.17, 15) is 0 Å². The zero-order valence-corrected chi connectivity index (χ0v) is 5.90. The summed E-state index contributed by atoms with van der Waals surface area (Å²) in [7, 11) is 0. The van der Waals surface area contributed by atoms with Crippen molar-refractivity contribution in [3.8, 4) is 0 Å². The Morgan fingerprint density at radius 3 is 2.00 bits per heavy atom. The Hall–Kier alpha value is -0.0400. The molecule has 2 aliphatic rings. The molecular weight excluding hydrogens is 110 g/mol. The van der Waals surface area contributed by atoms with Gasteiger partial charge in [0.1, 0.15) is 0 Å². The van der Waals surface area contributed by atoms with Crippen LogP contribution in [0, 0.1) is 11.8 Å². The highest BCUT2D eigenvalue weighted by Gasteiger charge is 2.28. The molecule has 2 rings (SSSR count). The number of nitrogens with one attached hydrogen (secondary N) is 1. The summed E-state index contributed by atoms with van der Waals surface area (Å²) in [4.78, 5) is 0. The average molecular weight is 125 g/mol. The molecule has 0 bridgehead atoms. The molecule has 2 fully saturated rings. The van der Waals surface area contributed by atoms with Crippen molar-refractivity contribution in [1.29, 1.82) is 0 Å². The average Bonchev–Trinajstić information content (AvgIpc) is 2.33. The molecule has 1 heteroatoms. The van der Waals surface area contributed by atoms with Gasteiger partial charge in [-0.3, -0.25) is 0 Å². The first-order chi connectivity index (χ1) is 4.47. The van der Waals surface area contributed by atoms with E-state index in [4.69, 9.17) is 0 Å². The first kappa shape index (κ1) is 5.72. The summed E-state index contributed by atoms with van der Waals surface area (Å²) in [5.74, 6) is 2.11. The Labute approximate surface area is 56.8 Å². The Bertz CT molecular complexity index is 88.7. The zero-order valence-electron chi connectivity index (χ0n) is 5.90. The van der Waals surface area contributed by atoms with E-state index in [2.05, 4.69) is 5.32 Å². The highest BCUT2D eigenvalue weighted by molar-refractivity contribution is 4.83. The van der Waals surface area contributed by atoms with Gasteiger partial charge < -0.3 is 5.32 Å². The van der Waals surface area contributed by atoms with E-state index in [1.54, 1.807) is 0 Å². The van der Waals surface area contributed by atoms with E-state index >= 15 is 0 Å². The van der Waals surface area contributed by atoms with E-state index in [0.717, 1.165) is 11.8 Å². The number of fused-ring (bicyclic) bond motifs is 1. The summed E-state index contributed by atoms with van der Waals surface area (Å²) in [6.07, 6.45) is 5.97. The van der Waals surface area contributed by atoms with E-state index < -0.39 is 0 Å². The largest absolute Gasteiger partial charge is 0.316 e. The van der Waals surface area contributed by atoms with Crippen molar-refractivity contribution in [2.45, 2.75) is 25.7 Å². The van der Waals surface area contributed by atoms with Crippen LogP contribution in [0.5, 0.6) is 0 Å². The maximum atomic E-state index is 3.46. The van der Waals surface area contributed by atoms with Gasteiger partial charge >= 0.3 is 0 Å². The summed E-state index contributed by atoms with van der Waals surface area (Å²) in [5, 5.41) is 3.46. The lowest BCUT2D eigenvalue weighted by Gasteiger charge is -2.23. The van der Waals surface area contributed by atoms with Gasteiger partial charge in [0.25, 0.3) is 0 Å². The number of rotatable bonds is 0. The molecular formula is C8H15N. The third-order valence-corrected chi connectivity index (χ3v) is 2.88. The van der Waals surface area contributed by atoms with Gasteiger partial charge in [-0.15, -0.1) is 0 Å². The van der Waals surface area contributed by atoms with Crippen LogP contribution in [-0.2, 0) is 0 Å². The van der Waals surface area contributed by atoms with Crippen LogP contribution in [0.1, 0.15) is 25.7 Å². The van der Waals surface area contributed by atoms with Crippen LogP contribution in [0.15, 0.2) is 0 Å². The first-order valence-electron chi connectivity index (χ1n) is 4.17. The van der Waals surface area contributed by atoms with Gasteiger partial charge in [-0.1, -0.05) is 12.8 Å². The van der Waals surface area contributed by atoms with Crippen molar-refractivity contribution in [1.82, 2.24) is 5.32 Å². The summed E-state index contributed by atoms with van der Waals surface area (Å²) in [6, 6.07) is 0. The molecule has 0 aromatic heterocycles. The molecule has 1 nitrogen and oxygen atoms in total. The molecule has 9 heavy (non-hydrogen) atoms. The Balaban J connectivity index is 1.97. The zero-order chi connectivity index (χ0) is 6.10. The summed E-state index contributed by atoms with van der Waals surface area (Å²) >= 11 is 0. The standard InChI is InChI=1S/C8H15N/c1-2-4-8-6-9-5-7(8)3-1/h7-9H,1-6H2/t7-,8+. The molecule has 1 saturated heterocycles. The van der Waals surface area contributed by atoms with Crippen LogP contribution >= 0.6 is 0 Å². The van der Waals surface area contributed by atoms with Crippen LogP contribution in [0.4, 0.5) is 0 Å². The minimum Gasteiger partial charge on any atom is -0.316 e. The minimum atomic E-state index is 1.05. The van der Waals surface area contributed by atoms with E-state index in [1.807, 2.05) is 0 Å². The Morgan fingerprint density at radius 2 is 1.44 bits per heavy atom. The molecule has 0 radical (unpaired) electrons. The minimum absolute atomic E-state index is 1.05. The fourth-order valence-electron chi connectivity index (χ4n) is 2.28. The third kappa shape index (κ3) is 0.983. The van der Waals surface area contributed by atoms with Crippen molar-refractivity contribution in [2.75, 3.05) is 13.1 Å². The van der Waals surface area contributed by atoms with Crippen molar-refractivity contribution in [3.05, 3.63) is 0 Å². The third-order valence-electron chi connectivity index (χ3n) is 2.88. The fraction of sp³-hybridized carbons (Fsp3) is 1.00. The predicted octanol–water partition coefficient (Wildman–Crippen LogP) is 1.40. The Morgan fingerprint density at radius 1 is 0.889 bits per heavy atom. The van der Waals surface area contributed by atoms with Gasteiger partial charge in [0, 0.05) is 0 Å². The van der Waals surface area contributed by atoms with E-state index in [-0.39, 0.29) is 0 Å². The lowest BCUT2D eigenvalue weighted by Crippen LogP contribution is -2.16. The smallest absolute Gasteiger partial charge is 0.00173 e. The second-order valence-electron chi connectivity index (χ2n) is 3.46. The van der Waals surface area contributed by atoms with Crippen LogP contribution in [0.3, 0.4) is 0 Å². The molecule has 1 aliphatic heterocycles. The van der Waals surface area contributed by atoms with Crippen molar-refractivity contribution < 1.29 is 0 Å². The molecule has 0 aromatic carbocycles. The highest BCUT2D eigenvalue weighted by atomic mass is 14.9. The molecule has 1 heterocycles. The van der Waals surface area contributed by atoms with E-state index in [0.29, 0.717) is 0 Å². The molecule has 2 atom stereocenters. The lowest BCUT2D eigenvalue weighted by atomic mass is 9.82. The van der Waals surface area contributed by atoms with Crippen LogP contribution in [-0.4, -0.2) is 13.1 Å². The number of hydrogen-bond donors (Lipinski definition) is 1. The second-order valence-corrected chi connectivity index (χ2v) is 3.46. The van der Waals surface area contributed by atoms with Gasteiger partial charge in [-0.25, -0.2) is 0 Å². The molecule has 1 aliphatic carbocycles. The predicted molar refractivity (Wildman–Crippen MR) is 38.3 cm³/mol. The summed E-state index contributed by atoms with van der Waals surface area (Å²) in [6.45, 7) is 2.62. The van der Waals surface area contributed by atoms with Crippen molar-refractivity contribution in [3.63, 3.8) is 0 Å². The monoisotopic (exact) mass is 125 g/mol. The molecule has 0 amide bonds. The van der Waals surface area contributed by atoms with Crippen molar-refractivity contribution >= 4 is 0 Å². The first-order valence-corrected chi connectivity index (χ1v) is 4.17. The van der Waals surface area contributed by atoms with E-state index in [1.165, 1.54) is 38.8 Å². The highest BCUT2D eigenvalue weighted by Crippen LogP contribution is 2.31. The van der Waals surface area contributed by atoms with Gasteiger partial charge in [0.2, 0.25) is 0 Å². The molecule has 1 saturated carbocycles. The fourth-order valence-corrected chi connectivity index (χ4v) is 2.28. The second kappa shape index (κ2) is 2.30. The van der Waals surface area contributed by atoms with Gasteiger partial charge in [0.05, 0.1) is 0 Å². The SMILES string of the molecule is C1CC[C@H]2CNC[C@H]2C1. The molecule has 1 N–H and O–H groups in total. The quantitative estimate of drug-likeness (QED) is 0.516. The number of hydrogen-bond acceptors (Lipinski definition) is 1. The van der Waals surface area contributed by atoms with Crippen LogP contribution in [0.25, 0.3) is 0 Å². The molecule has 0 unspecified atom stereocenters. The summed E-state index contributed by atoms with van der Waals surface area (Å²) < 4.78 is 0. The lowest BCUT2D eigenvalue weighted by molar-refractivity contribution is 0.299. The topological polar surface area (TPSA) is 12.0 Å². The molecule has 0 aromatic rings. The maximum absolute atomic E-state index is 3.46. The van der Waals surface area contributed by atoms with Gasteiger partial charge in [-0.2, -0.15) is 0 Å². The van der Waals surface area contributed by atoms with Crippen molar-refractivity contribution in [2.24, 2.45) is 11.8 Å². The van der Waals surface area contributed by atoms with Crippen LogP contribution in [0.2, 0.25) is 0 Å². The van der Waals surface area contributed by atoms with Gasteiger partial charge in [0.15, 0.2) is 0 Å². The maximum Gasteiger partial charge on any atom is -0.00173 e. The van der Waals surface area contributed by atoms with Gasteiger partial charge in [-0.05, 0) is 37.8 Å². The molecule has 52 valence electrons. The summed E-state index contributed by atoms with van der Waals surface area (Å²) in [5.41, 5.74) is 0. The van der Waals surface area contributed by atoms with Crippen LogP contribution < -0.4 is 5.32 Å². The molecule has 0 spiro atoms. The Kier molecular flexibility index (Phi) is 1.46.